The number of hydrogen-bond acceptors (Lipinski definition) is 3. The van der Waals surface area contributed by atoms with Crippen molar-refractivity contribution in [2.24, 2.45) is 0 Å². The summed E-state index contributed by atoms with van der Waals surface area (Å²) in [6, 6.07) is 10.8. The number of ether oxygens (including phenoxy) is 1. The Kier molecular flexibility index (Phi) is 6.27. The van der Waals surface area contributed by atoms with Crippen LogP contribution in [0.25, 0.3) is 0 Å². The third kappa shape index (κ3) is 4.31. The quantitative estimate of drug-likeness (QED) is 0.715. The molecule has 0 aliphatic carbocycles. The van der Waals surface area contributed by atoms with Crippen LogP contribution in [-0.2, 0) is 0 Å². The van der Waals surface area contributed by atoms with Crippen molar-refractivity contribution in [3.8, 4) is 5.75 Å². The van der Waals surface area contributed by atoms with Crippen LogP contribution in [0.1, 0.15) is 42.3 Å². The zero-order valence-electron chi connectivity index (χ0n) is 12.8. The highest BCUT2D eigenvalue weighted by molar-refractivity contribution is 9.11. The summed E-state index contributed by atoms with van der Waals surface area (Å²) in [7, 11) is 0. The first kappa shape index (κ1) is 16.5. The smallest absolute Gasteiger partial charge is 0.119 e. The molecule has 0 bridgehead atoms. The highest BCUT2D eigenvalue weighted by atomic mass is 79.9. The highest BCUT2D eigenvalue weighted by Gasteiger charge is 2.18. The van der Waals surface area contributed by atoms with Crippen LogP contribution in [0.5, 0.6) is 5.75 Å². The molecule has 0 fully saturated rings. The molecule has 114 valence electrons. The Hall–Kier alpha value is -0.840. The van der Waals surface area contributed by atoms with E-state index in [1.807, 2.05) is 6.07 Å². The van der Waals surface area contributed by atoms with E-state index in [0.717, 1.165) is 25.3 Å². The fraction of sp³-hybridized carbons (Fsp3) is 0.412. The van der Waals surface area contributed by atoms with Crippen molar-refractivity contribution in [2.75, 3.05) is 13.2 Å². The Labute approximate surface area is 139 Å². The van der Waals surface area contributed by atoms with Crippen molar-refractivity contribution in [2.45, 2.75) is 33.2 Å². The van der Waals surface area contributed by atoms with E-state index in [9.17, 15) is 0 Å². The van der Waals surface area contributed by atoms with Crippen LogP contribution in [-0.4, -0.2) is 13.2 Å². The third-order valence-electron chi connectivity index (χ3n) is 3.31. The number of thiophene rings is 1. The molecule has 1 aromatic carbocycles. The third-order valence-corrected chi connectivity index (χ3v) is 4.88. The summed E-state index contributed by atoms with van der Waals surface area (Å²) < 4.78 is 6.94. The van der Waals surface area contributed by atoms with Gasteiger partial charge in [-0.2, -0.15) is 0 Å². The zero-order valence-corrected chi connectivity index (χ0v) is 15.2. The molecule has 21 heavy (non-hydrogen) atoms. The van der Waals surface area contributed by atoms with Crippen LogP contribution < -0.4 is 10.1 Å². The lowest BCUT2D eigenvalue weighted by Crippen LogP contribution is -2.22. The standard InChI is InChI=1S/C17H22BrNOS/c1-4-9-20-14-8-6-7-13(10-14)17(19-5-2)15-11-16(18)21-12(15)3/h6-8,10-11,17,19H,4-5,9H2,1-3H3. The van der Waals surface area contributed by atoms with Crippen LogP contribution in [0, 0.1) is 6.92 Å². The Balaban J connectivity index is 2.31. The van der Waals surface area contributed by atoms with Gasteiger partial charge < -0.3 is 10.1 Å². The van der Waals surface area contributed by atoms with Crippen LogP contribution in [0.15, 0.2) is 34.1 Å². The van der Waals surface area contributed by atoms with Crippen molar-refractivity contribution >= 4 is 27.3 Å². The minimum Gasteiger partial charge on any atom is -0.494 e. The number of halogens is 1. The van der Waals surface area contributed by atoms with E-state index >= 15 is 0 Å². The summed E-state index contributed by atoms with van der Waals surface area (Å²) >= 11 is 5.37. The van der Waals surface area contributed by atoms with E-state index in [2.05, 4.69) is 66.3 Å². The Morgan fingerprint density at radius 2 is 2.10 bits per heavy atom. The molecule has 0 aliphatic heterocycles. The van der Waals surface area contributed by atoms with Gasteiger partial charge in [0.2, 0.25) is 0 Å². The van der Waals surface area contributed by atoms with E-state index in [-0.39, 0.29) is 6.04 Å². The largest absolute Gasteiger partial charge is 0.494 e. The van der Waals surface area contributed by atoms with E-state index in [4.69, 9.17) is 4.74 Å². The van der Waals surface area contributed by atoms with Crippen LogP contribution in [0.2, 0.25) is 0 Å². The molecule has 0 spiro atoms. The number of aryl methyl sites for hydroxylation is 1. The minimum absolute atomic E-state index is 0.211. The average Bonchev–Trinajstić information content (AvgIpc) is 2.81. The van der Waals surface area contributed by atoms with Gasteiger partial charge in [0.25, 0.3) is 0 Å². The van der Waals surface area contributed by atoms with Gasteiger partial charge in [-0.05, 0) is 65.1 Å². The van der Waals surface area contributed by atoms with Crippen LogP contribution >= 0.6 is 27.3 Å². The van der Waals surface area contributed by atoms with Crippen LogP contribution in [0.3, 0.4) is 0 Å². The van der Waals surface area contributed by atoms with Gasteiger partial charge in [-0.15, -0.1) is 11.3 Å². The molecule has 0 radical (unpaired) electrons. The number of nitrogens with one attached hydrogen (secondary N) is 1. The number of benzene rings is 1. The topological polar surface area (TPSA) is 21.3 Å². The van der Waals surface area contributed by atoms with Crippen molar-refractivity contribution < 1.29 is 4.74 Å². The molecule has 1 aromatic heterocycles. The Morgan fingerprint density at radius 3 is 2.71 bits per heavy atom. The van der Waals surface area contributed by atoms with Gasteiger partial charge in [0.05, 0.1) is 16.4 Å². The molecule has 4 heteroatoms. The second-order valence-electron chi connectivity index (χ2n) is 4.97. The monoisotopic (exact) mass is 367 g/mol. The van der Waals surface area contributed by atoms with E-state index < -0.39 is 0 Å². The van der Waals surface area contributed by atoms with Crippen molar-refractivity contribution in [1.29, 1.82) is 0 Å². The first-order valence-electron chi connectivity index (χ1n) is 7.37. The average molecular weight is 368 g/mol. The molecule has 1 N–H and O–H groups in total. The van der Waals surface area contributed by atoms with Crippen molar-refractivity contribution in [1.82, 2.24) is 5.32 Å². The molecule has 0 amide bonds. The van der Waals surface area contributed by atoms with Gasteiger partial charge in [-0.25, -0.2) is 0 Å². The summed E-state index contributed by atoms with van der Waals surface area (Å²) in [4.78, 5) is 1.34. The van der Waals surface area contributed by atoms with Crippen molar-refractivity contribution in [3.05, 3.63) is 50.1 Å². The van der Waals surface area contributed by atoms with Gasteiger partial charge in [0, 0.05) is 4.88 Å². The maximum Gasteiger partial charge on any atom is 0.119 e. The van der Waals surface area contributed by atoms with E-state index in [1.54, 1.807) is 11.3 Å². The van der Waals surface area contributed by atoms with Crippen molar-refractivity contribution in [3.63, 3.8) is 0 Å². The predicted molar refractivity (Wildman–Crippen MR) is 94.5 cm³/mol. The first-order chi connectivity index (χ1) is 10.2. The molecule has 0 saturated heterocycles. The predicted octanol–water partition coefficient (Wildman–Crippen LogP) is 5.31. The summed E-state index contributed by atoms with van der Waals surface area (Å²) in [5, 5.41) is 3.58. The summed E-state index contributed by atoms with van der Waals surface area (Å²) in [5.41, 5.74) is 2.58. The fourth-order valence-electron chi connectivity index (χ4n) is 2.36. The minimum atomic E-state index is 0.211. The SMILES string of the molecule is CCCOc1cccc(C(NCC)c2cc(Br)sc2C)c1. The first-order valence-corrected chi connectivity index (χ1v) is 8.98. The van der Waals surface area contributed by atoms with Crippen LogP contribution in [0.4, 0.5) is 0 Å². The lowest BCUT2D eigenvalue weighted by atomic mass is 9.99. The maximum absolute atomic E-state index is 5.76. The van der Waals surface area contributed by atoms with E-state index in [0.29, 0.717) is 0 Å². The molecule has 0 aliphatic rings. The zero-order chi connectivity index (χ0) is 15.2. The molecular weight excluding hydrogens is 346 g/mol. The molecule has 2 rings (SSSR count). The van der Waals surface area contributed by atoms with Gasteiger partial charge in [0.15, 0.2) is 0 Å². The molecule has 1 atom stereocenters. The normalized spacial score (nSPS) is 12.4. The fourth-order valence-corrected chi connectivity index (χ4v) is 4.11. The van der Waals surface area contributed by atoms with Gasteiger partial charge in [-0.3, -0.25) is 0 Å². The molecule has 2 nitrogen and oxygen atoms in total. The van der Waals surface area contributed by atoms with Gasteiger partial charge in [-0.1, -0.05) is 26.0 Å². The van der Waals surface area contributed by atoms with E-state index in [1.165, 1.54) is 19.8 Å². The number of rotatable bonds is 7. The van der Waals surface area contributed by atoms with Gasteiger partial charge >= 0.3 is 0 Å². The highest BCUT2D eigenvalue weighted by Crippen LogP contribution is 2.34. The number of hydrogen-bond donors (Lipinski definition) is 1. The summed E-state index contributed by atoms with van der Waals surface area (Å²) in [5.74, 6) is 0.948. The second kappa shape index (κ2) is 7.97. The molecule has 2 aromatic rings. The molecule has 1 unspecified atom stereocenters. The lowest BCUT2D eigenvalue weighted by Gasteiger charge is -2.19. The maximum atomic E-state index is 5.76. The molecular formula is C17H22BrNOS. The summed E-state index contributed by atoms with van der Waals surface area (Å²) in [6.07, 6.45) is 1.03. The van der Waals surface area contributed by atoms with Gasteiger partial charge in [0.1, 0.15) is 5.75 Å². The molecule has 1 heterocycles. The lowest BCUT2D eigenvalue weighted by molar-refractivity contribution is 0.317. The second-order valence-corrected chi connectivity index (χ2v) is 7.61. The summed E-state index contributed by atoms with van der Waals surface area (Å²) in [6.45, 7) is 8.13. The Morgan fingerprint density at radius 1 is 1.29 bits per heavy atom. The molecule has 0 saturated carbocycles. The Bertz CT molecular complexity index is 582.